The molecule has 18 heavy (non-hydrogen) atoms. The molecular weight excluding hydrogens is 310 g/mol. The Balaban J connectivity index is 2.51. The molecule has 0 radical (unpaired) electrons. The summed E-state index contributed by atoms with van der Waals surface area (Å²) in [4.78, 5) is 4.08. The fourth-order valence-corrected chi connectivity index (χ4v) is 2.03. The first-order valence-corrected chi connectivity index (χ1v) is 7.35. The number of rotatable bonds is 6. The molecule has 1 aromatic rings. The van der Waals surface area contributed by atoms with Crippen LogP contribution >= 0.6 is 27.7 Å². The second-order valence-electron chi connectivity index (χ2n) is 3.40. The Labute approximate surface area is 121 Å². The number of thioether (sulfide) groups is 1. The van der Waals surface area contributed by atoms with Crippen molar-refractivity contribution in [3.05, 3.63) is 64.0 Å². The van der Waals surface area contributed by atoms with Crippen LogP contribution in [-0.2, 0) is 10.5 Å². The molecular formula is C14H16BrNOS. The van der Waals surface area contributed by atoms with Crippen LogP contribution < -0.4 is 0 Å². The highest BCUT2D eigenvalue weighted by Gasteiger charge is 1.93. The molecule has 0 amide bonds. The third-order valence-electron chi connectivity index (χ3n) is 2.09. The predicted molar refractivity (Wildman–Crippen MR) is 82.4 cm³/mol. The van der Waals surface area contributed by atoms with Crippen molar-refractivity contribution in [1.82, 2.24) is 4.98 Å². The van der Waals surface area contributed by atoms with Crippen molar-refractivity contribution >= 4 is 27.7 Å². The van der Waals surface area contributed by atoms with Crippen LogP contribution in [0.1, 0.15) is 12.5 Å². The van der Waals surface area contributed by atoms with E-state index in [1.165, 1.54) is 5.56 Å². The maximum absolute atomic E-state index is 5.27. The van der Waals surface area contributed by atoms with Gasteiger partial charge in [-0.25, -0.2) is 0 Å². The summed E-state index contributed by atoms with van der Waals surface area (Å²) in [6, 6.07) is 4.01. The molecule has 0 N–H and O–H groups in total. The average molecular weight is 326 g/mol. The summed E-state index contributed by atoms with van der Waals surface area (Å²) in [6.45, 7) is 1.97. The summed E-state index contributed by atoms with van der Waals surface area (Å²) in [5, 5.41) is 2.00. The first-order valence-electron chi connectivity index (χ1n) is 5.51. The SMILES string of the molecule is C\C=C(Br)/C=C\C(=C\SCc1cccnc1)OC. The van der Waals surface area contributed by atoms with E-state index in [1.54, 1.807) is 25.1 Å². The third kappa shape index (κ3) is 6.07. The molecule has 0 spiro atoms. The predicted octanol–water partition coefficient (Wildman–Crippen LogP) is 4.66. The molecule has 0 fully saturated rings. The van der Waals surface area contributed by atoms with Gasteiger partial charge in [0.15, 0.2) is 0 Å². The van der Waals surface area contributed by atoms with E-state index in [4.69, 9.17) is 4.74 Å². The molecule has 0 bridgehead atoms. The molecule has 0 aliphatic carbocycles. The van der Waals surface area contributed by atoms with E-state index in [9.17, 15) is 0 Å². The summed E-state index contributed by atoms with van der Waals surface area (Å²) in [5.74, 6) is 1.72. The van der Waals surface area contributed by atoms with Gasteiger partial charge in [0.25, 0.3) is 0 Å². The van der Waals surface area contributed by atoms with Gasteiger partial charge in [-0.15, -0.1) is 11.8 Å². The van der Waals surface area contributed by atoms with Crippen molar-refractivity contribution < 1.29 is 4.74 Å². The minimum absolute atomic E-state index is 0.836. The van der Waals surface area contributed by atoms with E-state index < -0.39 is 0 Å². The van der Waals surface area contributed by atoms with Crippen LogP contribution in [0.25, 0.3) is 0 Å². The fourth-order valence-electron chi connectivity index (χ4n) is 1.12. The molecule has 0 atom stereocenters. The molecule has 4 heteroatoms. The number of ether oxygens (including phenoxy) is 1. The second kappa shape index (κ2) is 9.00. The Kier molecular flexibility index (Phi) is 7.53. The van der Waals surface area contributed by atoms with E-state index in [0.717, 1.165) is 16.0 Å². The minimum Gasteiger partial charge on any atom is -0.496 e. The van der Waals surface area contributed by atoms with Gasteiger partial charge >= 0.3 is 0 Å². The van der Waals surface area contributed by atoms with Crippen molar-refractivity contribution in [3.63, 3.8) is 0 Å². The van der Waals surface area contributed by atoms with E-state index in [-0.39, 0.29) is 0 Å². The molecule has 1 aromatic heterocycles. The lowest BCUT2D eigenvalue weighted by molar-refractivity contribution is 0.308. The Morgan fingerprint density at radius 1 is 1.50 bits per heavy atom. The summed E-state index contributed by atoms with van der Waals surface area (Å²) in [6.07, 6.45) is 9.52. The molecule has 0 aromatic carbocycles. The zero-order valence-electron chi connectivity index (χ0n) is 10.5. The van der Waals surface area contributed by atoms with Gasteiger partial charge in [0.2, 0.25) is 0 Å². The smallest absolute Gasteiger partial charge is 0.125 e. The van der Waals surface area contributed by atoms with Gasteiger partial charge in [-0.1, -0.05) is 28.1 Å². The van der Waals surface area contributed by atoms with E-state index >= 15 is 0 Å². The van der Waals surface area contributed by atoms with Crippen LogP contribution in [0.5, 0.6) is 0 Å². The molecule has 1 rings (SSSR count). The van der Waals surface area contributed by atoms with Crippen molar-refractivity contribution in [2.24, 2.45) is 0 Å². The van der Waals surface area contributed by atoms with Gasteiger partial charge in [-0.3, -0.25) is 4.98 Å². The Morgan fingerprint density at radius 3 is 2.94 bits per heavy atom. The maximum atomic E-state index is 5.27. The minimum atomic E-state index is 0.836. The van der Waals surface area contributed by atoms with Crippen LogP contribution in [0.3, 0.4) is 0 Å². The van der Waals surface area contributed by atoms with Crippen LogP contribution in [0.4, 0.5) is 0 Å². The Bertz CT molecular complexity index is 440. The fraction of sp³-hybridized carbons (Fsp3) is 0.214. The van der Waals surface area contributed by atoms with Crippen molar-refractivity contribution in [1.29, 1.82) is 0 Å². The lowest BCUT2D eigenvalue weighted by Gasteiger charge is -2.01. The number of hydrogen-bond acceptors (Lipinski definition) is 3. The monoisotopic (exact) mass is 325 g/mol. The van der Waals surface area contributed by atoms with Gasteiger partial charge in [0.1, 0.15) is 5.76 Å². The number of hydrogen-bond donors (Lipinski definition) is 0. The molecule has 0 aliphatic heterocycles. The molecule has 0 aliphatic rings. The van der Waals surface area contributed by atoms with Gasteiger partial charge in [-0.2, -0.15) is 0 Å². The molecule has 2 nitrogen and oxygen atoms in total. The van der Waals surface area contributed by atoms with Gasteiger partial charge < -0.3 is 4.74 Å². The number of nitrogens with zero attached hydrogens (tertiary/aromatic N) is 1. The quantitative estimate of drug-likeness (QED) is 0.561. The van der Waals surface area contributed by atoms with Crippen LogP contribution in [-0.4, -0.2) is 12.1 Å². The Morgan fingerprint density at radius 2 is 2.33 bits per heavy atom. The van der Waals surface area contributed by atoms with Crippen LogP contribution in [0, 0.1) is 0 Å². The summed E-state index contributed by atoms with van der Waals surface area (Å²) < 4.78 is 6.30. The summed E-state index contributed by atoms with van der Waals surface area (Å²) >= 11 is 5.10. The summed E-state index contributed by atoms with van der Waals surface area (Å²) in [5.41, 5.74) is 1.20. The lowest BCUT2D eigenvalue weighted by atomic mass is 10.3. The van der Waals surface area contributed by atoms with Gasteiger partial charge in [-0.05, 0) is 30.7 Å². The van der Waals surface area contributed by atoms with Gasteiger partial charge in [0.05, 0.1) is 7.11 Å². The standard InChI is InChI=1S/C14H16BrNOS/c1-3-13(15)6-7-14(17-2)11-18-10-12-5-4-8-16-9-12/h3-9,11H,10H2,1-2H3/b7-6-,13-3+,14-11-. The maximum Gasteiger partial charge on any atom is 0.125 e. The number of aromatic nitrogens is 1. The highest BCUT2D eigenvalue weighted by atomic mass is 79.9. The topological polar surface area (TPSA) is 22.1 Å². The van der Waals surface area contributed by atoms with Gasteiger partial charge in [0, 0.05) is 28.0 Å². The molecule has 96 valence electrons. The second-order valence-corrected chi connectivity index (χ2v) is 5.18. The zero-order valence-corrected chi connectivity index (χ0v) is 12.9. The normalized spacial score (nSPS) is 13.1. The molecule has 0 unspecified atom stereocenters. The average Bonchev–Trinajstić information content (AvgIpc) is 2.43. The van der Waals surface area contributed by atoms with Crippen molar-refractivity contribution in [2.45, 2.75) is 12.7 Å². The van der Waals surface area contributed by atoms with Crippen LogP contribution in [0.2, 0.25) is 0 Å². The van der Waals surface area contributed by atoms with Crippen molar-refractivity contribution in [2.75, 3.05) is 7.11 Å². The lowest BCUT2D eigenvalue weighted by Crippen LogP contribution is -1.82. The highest BCUT2D eigenvalue weighted by molar-refractivity contribution is 9.11. The molecule has 0 saturated heterocycles. The summed E-state index contributed by atoms with van der Waals surface area (Å²) in [7, 11) is 1.67. The largest absolute Gasteiger partial charge is 0.496 e. The van der Waals surface area contributed by atoms with E-state index in [1.807, 2.05) is 42.8 Å². The number of halogens is 1. The first kappa shape index (κ1) is 15.1. The van der Waals surface area contributed by atoms with E-state index in [2.05, 4.69) is 27.0 Å². The van der Waals surface area contributed by atoms with E-state index in [0.29, 0.717) is 0 Å². The number of pyridine rings is 1. The zero-order chi connectivity index (χ0) is 13.2. The number of methoxy groups -OCH3 is 1. The third-order valence-corrected chi connectivity index (χ3v) is 3.71. The number of allylic oxidation sites excluding steroid dienone is 4. The first-order chi connectivity index (χ1) is 8.76. The molecule has 1 heterocycles. The van der Waals surface area contributed by atoms with Crippen LogP contribution in [0.15, 0.2) is 58.4 Å². The van der Waals surface area contributed by atoms with Crippen molar-refractivity contribution in [3.8, 4) is 0 Å². The Hall–Kier alpha value is -1.00. The highest BCUT2D eigenvalue weighted by Crippen LogP contribution is 2.16. The molecule has 0 saturated carbocycles.